The number of ether oxygens (including phenoxy) is 1. The summed E-state index contributed by atoms with van der Waals surface area (Å²) >= 11 is 0. The van der Waals surface area contributed by atoms with Crippen LogP contribution in [0.25, 0.3) is 0 Å². The van der Waals surface area contributed by atoms with Gasteiger partial charge in [0.1, 0.15) is 5.75 Å². The van der Waals surface area contributed by atoms with Gasteiger partial charge in [0.15, 0.2) is 0 Å². The molecule has 4 heteroatoms. The van der Waals surface area contributed by atoms with E-state index in [-0.39, 0.29) is 18.0 Å². The van der Waals surface area contributed by atoms with Gasteiger partial charge in [0.25, 0.3) is 0 Å². The topological polar surface area (TPSA) is 50.4 Å². The Labute approximate surface area is 120 Å². The average Bonchev–Trinajstić information content (AvgIpc) is 2.47. The number of amides is 1. The summed E-state index contributed by atoms with van der Waals surface area (Å²) in [5, 5.41) is 6.40. The molecule has 1 fully saturated rings. The summed E-state index contributed by atoms with van der Waals surface area (Å²) in [6.07, 6.45) is 2.26. The van der Waals surface area contributed by atoms with Crippen molar-refractivity contribution in [3.05, 3.63) is 29.8 Å². The monoisotopic (exact) mass is 276 g/mol. The van der Waals surface area contributed by atoms with Gasteiger partial charge >= 0.3 is 0 Å². The first-order chi connectivity index (χ1) is 9.61. The standard InChI is InChI=1S/C16H24N2O2/c1-11-6-5-9-17-15(11)16(19)18-12(2)13-7-4-8-14(10-13)20-3/h4,7-8,10-12,15,17H,5-6,9H2,1-3H3,(H,18,19)/t11?,12-,15?/m1/s1. The van der Waals surface area contributed by atoms with Crippen LogP contribution in [0.15, 0.2) is 24.3 Å². The van der Waals surface area contributed by atoms with E-state index in [1.807, 2.05) is 31.2 Å². The molecule has 20 heavy (non-hydrogen) atoms. The summed E-state index contributed by atoms with van der Waals surface area (Å²) < 4.78 is 5.22. The Morgan fingerprint density at radius 3 is 3.00 bits per heavy atom. The second-order valence-corrected chi connectivity index (χ2v) is 5.56. The third-order valence-electron chi connectivity index (χ3n) is 4.00. The summed E-state index contributed by atoms with van der Waals surface area (Å²) in [7, 11) is 1.65. The van der Waals surface area contributed by atoms with Crippen molar-refractivity contribution in [1.29, 1.82) is 0 Å². The quantitative estimate of drug-likeness (QED) is 0.887. The lowest BCUT2D eigenvalue weighted by Gasteiger charge is -2.30. The van der Waals surface area contributed by atoms with Crippen molar-refractivity contribution in [2.24, 2.45) is 5.92 Å². The van der Waals surface area contributed by atoms with Crippen LogP contribution in [0.1, 0.15) is 38.3 Å². The number of carbonyl (C=O) groups excluding carboxylic acids is 1. The van der Waals surface area contributed by atoms with E-state index in [0.717, 1.165) is 30.7 Å². The first-order valence-electron chi connectivity index (χ1n) is 7.29. The molecular formula is C16H24N2O2. The summed E-state index contributed by atoms with van der Waals surface area (Å²) in [5.41, 5.74) is 1.06. The zero-order valence-corrected chi connectivity index (χ0v) is 12.5. The smallest absolute Gasteiger partial charge is 0.237 e. The van der Waals surface area contributed by atoms with Crippen molar-refractivity contribution in [2.45, 2.75) is 38.8 Å². The first-order valence-corrected chi connectivity index (χ1v) is 7.29. The largest absolute Gasteiger partial charge is 0.497 e. The maximum atomic E-state index is 12.3. The van der Waals surface area contributed by atoms with E-state index >= 15 is 0 Å². The van der Waals surface area contributed by atoms with E-state index in [9.17, 15) is 4.79 Å². The van der Waals surface area contributed by atoms with Crippen molar-refractivity contribution >= 4 is 5.91 Å². The molecule has 1 amide bonds. The Hall–Kier alpha value is -1.55. The lowest BCUT2D eigenvalue weighted by Crippen LogP contribution is -2.51. The van der Waals surface area contributed by atoms with Crippen molar-refractivity contribution in [3.8, 4) is 5.75 Å². The maximum absolute atomic E-state index is 12.3. The van der Waals surface area contributed by atoms with Crippen LogP contribution in [-0.2, 0) is 4.79 Å². The molecule has 1 saturated heterocycles. The molecule has 1 heterocycles. The van der Waals surface area contributed by atoms with Crippen molar-refractivity contribution < 1.29 is 9.53 Å². The molecule has 110 valence electrons. The second-order valence-electron chi connectivity index (χ2n) is 5.56. The van der Waals surface area contributed by atoms with Gasteiger partial charge < -0.3 is 15.4 Å². The number of nitrogens with one attached hydrogen (secondary N) is 2. The number of methoxy groups -OCH3 is 1. The van der Waals surface area contributed by atoms with Gasteiger partial charge in [0, 0.05) is 0 Å². The minimum Gasteiger partial charge on any atom is -0.497 e. The van der Waals surface area contributed by atoms with Gasteiger partial charge in [0.2, 0.25) is 5.91 Å². The molecule has 2 N–H and O–H groups in total. The Morgan fingerprint density at radius 1 is 1.50 bits per heavy atom. The molecule has 2 rings (SSSR count). The average molecular weight is 276 g/mol. The highest BCUT2D eigenvalue weighted by atomic mass is 16.5. The molecule has 0 saturated carbocycles. The van der Waals surface area contributed by atoms with Gasteiger partial charge in [-0.05, 0) is 49.9 Å². The molecule has 0 aliphatic carbocycles. The van der Waals surface area contributed by atoms with E-state index in [0.29, 0.717) is 5.92 Å². The van der Waals surface area contributed by atoms with Crippen molar-refractivity contribution in [1.82, 2.24) is 10.6 Å². The number of benzene rings is 1. The summed E-state index contributed by atoms with van der Waals surface area (Å²) in [6.45, 7) is 5.06. The normalized spacial score (nSPS) is 23.9. The first kappa shape index (κ1) is 14.9. The maximum Gasteiger partial charge on any atom is 0.237 e. The molecule has 0 spiro atoms. The summed E-state index contributed by atoms with van der Waals surface area (Å²) in [4.78, 5) is 12.3. The summed E-state index contributed by atoms with van der Waals surface area (Å²) in [6, 6.07) is 7.72. The van der Waals surface area contributed by atoms with E-state index in [2.05, 4.69) is 17.6 Å². The Bertz CT molecular complexity index is 462. The molecule has 1 aliphatic heterocycles. The SMILES string of the molecule is COc1cccc([C@@H](C)NC(=O)C2NCCCC2C)c1. The number of carbonyl (C=O) groups is 1. The fraction of sp³-hybridized carbons (Fsp3) is 0.562. The number of piperidine rings is 1. The van der Waals surface area contributed by atoms with Crippen LogP contribution in [0.5, 0.6) is 5.75 Å². The number of rotatable bonds is 4. The molecule has 4 nitrogen and oxygen atoms in total. The van der Waals surface area contributed by atoms with Gasteiger partial charge in [-0.25, -0.2) is 0 Å². The molecular weight excluding hydrogens is 252 g/mol. The molecule has 1 aromatic rings. The van der Waals surface area contributed by atoms with E-state index in [1.54, 1.807) is 7.11 Å². The Kier molecular flexibility index (Phi) is 5.01. The fourth-order valence-corrected chi connectivity index (χ4v) is 2.70. The zero-order valence-electron chi connectivity index (χ0n) is 12.5. The Morgan fingerprint density at radius 2 is 2.30 bits per heavy atom. The van der Waals surface area contributed by atoms with Crippen LogP contribution in [0.4, 0.5) is 0 Å². The Balaban J connectivity index is 1.99. The molecule has 3 atom stereocenters. The lowest BCUT2D eigenvalue weighted by molar-refractivity contribution is -0.125. The highest BCUT2D eigenvalue weighted by molar-refractivity contribution is 5.82. The molecule has 1 aliphatic rings. The minimum atomic E-state index is -0.0724. The zero-order chi connectivity index (χ0) is 14.5. The van der Waals surface area contributed by atoms with Gasteiger partial charge in [-0.1, -0.05) is 19.1 Å². The van der Waals surface area contributed by atoms with E-state index in [1.165, 1.54) is 0 Å². The van der Waals surface area contributed by atoms with Crippen LogP contribution in [0.2, 0.25) is 0 Å². The van der Waals surface area contributed by atoms with Crippen LogP contribution >= 0.6 is 0 Å². The lowest BCUT2D eigenvalue weighted by atomic mass is 9.92. The van der Waals surface area contributed by atoms with Gasteiger partial charge in [0.05, 0.1) is 19.2 Å². The predicted molar refractivity (Wildman–Crippen MR) is 79.7 cm³/mol. The highest BCUT2D eigenvalue weighted by Gasteiger charge is 2.28. The van der Waals surface area contributed by atoms with Gasteiger partial charge in [-0.3, -0.25) is 4.79 Å². The van der Waals surface area contributed by atoms with Crippen LogP contribution in [-0.4, -0.2) is 25.6 Å². The van der Waals surface area contributed by atoms with Gasteiger partial charge in [-0.2, -0.15) is 0 Å². The van der Waals surface area contributed by atoms with Gasteiger partial charge in [-0.15, -0.1) is 0 Å². The predicted octanol–water partition coefficient (Wildman–Crippen LogP) is 2.26. The van der Waals surface area contributed by atoms with Crippen LogP contribution < -0.4 is 15.4 Å². The van der Waals surface area contributed by atoms with E-state index < -0.39 is 0 Å². The fourth-order valence-electron chi connectivity index (χ4n) is 2.70. The number of hydrogen-bond donors (Lipinski definition) is 2. The van der Waals surface area contributed by atoms with Crippen LogP contribution in [0.3, 0.4) is 0 Å². The number of hydrogen-bond acceptors (Lipinski definition) is 3. The molecule has 0 bridgehead atoms. The molecule has 2 unspecified atom stereocenters. The molecule has 0 aromatic heterocycles. The van der Waals surface area contributed by atoms with Crippen molar-refractivity contribution in [3.63, 3.8) is 0 Å². The summed E-state index contributed by atoms with van der Waals surface area (Å²) in [5.74, 6) is 1.29. The van der Waals surface area contributed by atoms with E-state index in [4.69, 9.17) is 4.74 Å². The third-order valence-corrected chi connectivity index (χ3v) is 4.00. The highest BCUT2D eigenvalue weighted by Crippen LogP contribution is 2.20. The minimum absolute atomic E-state index is 0.0199. The van der Waals surface area contributed by atoms with Crippen LogP contribution in [0, 0.1) is 5.92 Å². The van der Waals surface area contributed by atoms with Crippen molar-refractivity contribution in [2.75, 3.05) is 13.7 Å². The molecule has 1 aromatic carbocycles. The second kappa shape index (κ2) is 6.75. The third kappa shape index (κ3) is 3.51. The molecule has 0 radical (unpaired) electrons.